The summed E-state index contributed by atoms with van der Waals surface area (Å²) < 4.78 is 19.6. The average molecular weight is 307 g/mol. The van der Waals surface area contributed by atoms with Crippen LogP contribution < -0.4 is 4.74 Å². The molecule has 0 bridgehead atoms. The number of nitrogens with zero attached hydrogens (tertiary/aromatic N) is 3. The number of benzene rings is 1. The summed E-state index contributed by atoms with van der Waals surface area (Å²) in [6, 6.07) is 5.62. The van der Waals surface area contributed by atoms with Crippen molar-refractivity contribution >= 4 is 12.7 Å². The highest BCUT2D eigenvalue weighted by Crippen LogP contribution is 2.31. The molecule has 22 heavy (non-hydrogen) atoms. The molecule has 116 valence electrons. The van der Waals surface area contributed by atoms with Gasteiger partial charge in [-0.1, -0.05) is 0 Å². The molecule has 0 radical (unpaired) electrons. The lowest BCUT2D eigenvalue weighted by molar-refractivity contribution is -0.386. The number of nitro benzene ring substituents is 1. The molecule has 0 amide bonds. The zero-order valence-electron chi connectivity index (χ0n) is 12.0. The van der Waals surface area contributed by atoms with Crippen LogP contribution in [-0.4, -0.2) is 47.2 Å². The lowest BCUT2D eigenvalue weighted by Gasteiger charge is -2.35. The van der Waals surface area contributed by atoms with E-state index in [4.69, 9.17) is 10.00 Å². The van der Waals surface area contributed by atoms with Crippen LogP contribution in [0.4, 0.5) is 10.1 Å². The highest BCUT2D eigenvalue weighted by atomic mass is 19.1. The molecule has 0 aliphatic carbocycles. The van der Waals surface area contributed by atoms with Gasteiger partial charge < -0.3 is 14.6 Å². The molecule has 1 aromatic rings. The van der Waals surface area contributed by atoms with Crippen LogP contribution in [0.5, 0.6) is 5.75 Å². The minimum absolute atomic E-state index is 0.00636. The number of hydrogen-bond donors (Lipinski definition) is 1. The Morgan fingerprint density at radius 1 is 1.64 bits per heavy atom. The summed E-state index contributed by atoms with van der Waals surface area (Å²) in [6.45, 7) is 2.00. The van der Waals surface area contributed by atoms with E-state index in [-0.39, 0.29) is 23.5 Å². The van der Waals surface area contributed by atoms with Crippen molar-refractivity contribution < 1.29 is 19.1 Å². The van der Waals surface area contributed by atoms with E-state index >= 15 is 0 Å². The second-order valence-electron chi connectivity index (χ2n) is 5.14. The molecular formula is C13H15BFN3O4. The molecule has 9 heteroatoms. The summed E-state index contributed by atoms with van der Waals surface area (Å²) in [5.41, 5.74) is -0.219. The zero-order chi connectivity index (χ0) is 16.3. The summed E-state index contributed by atoms with van der Waals surface area (Å²) in [7, 11) is -0.747. The standard InChI is InChI=1S/C13H15BFN3O4/c1-14(19)17-5-4-12(10(15)8-17)22-13-3-2-9(7-16)6-11(13)18(20)21/h2-3,6,10,12,19H,4-5,8H2,1H3. The normalized spacial score (nSPS) is 21.9. The molecule has 0 saturated carbocycles. The summed E-state index contributed by atoms with van der Waals surface area (Å²) in [6.07, 6.45) is -1.87. The maximum atomic E-state index is 14.1. The van der Waals surface area contributed by atoms with Gasteiger partial charge in [0.25, 0.3) is 0 Å². The maximum absolute atomic E-state index is 14.1. The van der Waals surface area contributed by atoms with Crippen LogP contribution in [0.1, 0.15) is 12.0 Å². The summed E-state index contributed by atoms with van der Waals surface area (Å²) >= 11 is 0. The van der Waals surface area contributed by atoms with E-state index in [9.17, 15) is 19.5 Å². The van der Waals surface area contributed by atoms with Gasteiger partial charge in [-0.2, -0.15) is 5.26 Å². The first-order valence-electron chi connectivity index (χ1n) is 6.83. The van der Waals surface area contributed by atoms with Crippen molar-refractivity contribution in [1.82, 2.24) is 4.81 Å². The molecule has 1 aliphatic heterocycles. The van der Waals surface area contributed by atoms with Gasteiger partial charge in [0.15, 0.2) is 5.75 Å². The third-order valence-electron chi connectivity index (χ3n) is 3.60. The van der Waals surface area contributed by atoms with Gasteiger partial charge in [-0.05, 0) is 31.9 Å². The van der Waals surface area contributed by atoms with Crippen LogP contribution in [0.2, 0.25) is 6.82 Å². The Kier molecular flexibility index (Phi) is 4.95. The van der Waals surface area contributed by atoms with Crippen molar-refractivity contribution in [3.63, 3.8) is 0 Å². The van der Waals surface area contributed by atoms with Gasteiger partial charge in [0.1, 0.15) is 12.3 Å². The topological polar surface area (TPSA) is 99.6 Å². The number of rotatable bonds is 4. The van der Waals surface area contributed by atoms with E-state index in [1.807, 2.05) is 6.07 Å². The number of halogens is 1. The number of piperidine rings is 1. The van der Waals surface area contributed by atoms with Crippen molar-refractivity contribution in [2.45, 2.75) is 25.5 Å². The predicted octanol–water partition coefficient (Wildman–Crippen LogP) is 1.37. The fourth-order valence-corrected chi connectivity index (χ4v) is 2.37. The molecule has 1 aromatic carbocycles. The Labute approximate surface area is 127 Å². The van der Waals surface area contributed by atoms with Gasteiger partial charge in [-0.25, -0.2) is 4.39 Å². The molecule has 1 heterocycles. The second kappa shape index (κ2) is 6.72. The maximum Gasteiger partial charge on any atom is 0.376 e. The zero-order valence-corrected chi connectivity index (χ0v) is 12.0. The number of nitro groups is 1. The van der Waals surface area contributed by atoms with Crippen molar-refractivity contribution in [1.29, 1.82) is 5.26 Å². The molecule has 1 saturated heterocycles. The third-order valence-corrected chi connectivity index (χ3v) is 3.60. The first-order chi connectivity index (χ1) is 10.4. The fourth-order valence-electron chi connectivity index (χ4n) is 2.37. The minimum atomic E-state index is -1.36. The SMILES string of the molecule is CB(O)N1CCC(Oc2ccc(C#N)cc2[N+](=O)[O-])C(F)C1. The van der Waals surface area contributed by atoms with Crippen LogP contribution in [0.3, 0.4) is 0 Å². The van der Waals surface area contributed by atoms with E-state index in [2.05, 4.69) is 0 Å². The van der Waals surface area contributed by atoms with Crippen molar-refractivity contribution in [3.8, 4) is 11.8 Å². The predicted molar refractivity (Wildman–Crippen MR) is 77.2 cm³/mol. The molecule has 0 spiro atoms. The Bertz CT molecular complexity index is 607. The summed E-state index contributed by atoms with van der Waals surface area (Å²) in [5, 5.41) is 29.3. The third kappa shape index (κ3) is 3.53. The quantitative estimate of drug-likeness (QED) is 0.512. The van der Waals surface area contributed by atoms with Crippen molar-refractivity contribution in [3.05, 3.63) is 33.9 Å². The van der Waals surface area contributed by atoms with Crippen molar-refractivity contribution in [2.75, 3.05) is 13.1 Å². The smallest absolute Gasteiger partial charge is 0.376 e. The molecule has 2 unspecified atom stereocenters. The van der Waals surface area contributed by atoms with E-state index in [1.165, 1.54) is 12.1 Å². The molecule has 0 aromatic heterocycles. The highest BCUT2D eigenvalue weighted by molar-refractivity contribution is 6.45. The Balaban J connectivity index is 2.14. The first-order valence-corrected chi connectivity index (χ1v) is 6.83. The van der Waals surface area contributed by atoms with E-state index in [1.54, 1.807) is 11.6 Å². The summed E-state index contributed by atoms with van der Waals surface area (Å²) in [5.74, 6) is -0.0536. The Hall–Kier alpha value is -2.18. The molecule has 2 rings (SSSR count). The van der Waals surface area contributed by atoms with Crippen LogP contribution in [0.15, 0.2) is 18.2 Å². The van der Waals surface area contributed by atoms with Gasteiger partial charge >= 0.3 is 12.7 Å². The molecule has 1 fully saturated rings. The number of hydrogen-bond acceptors (Lipinski definition) is 6. The summed E-state index contributed by atoms with van der Waals surface area (Å²) in [4.78, 5) is 11.9. The Morgan fingerprint density at radius 3 is 2.91 bits per heavy atom. The lowest BCUT2D eigenvalue weighted by Crippen LogP contribution is -2.51. The minimum Gasteiger partial charge on any atom is -0.480 e. The van der Waals surface area contributed by atoms with Gasteiger partial charge in [0, 0.05) is 12.6 Å². The fraction of sp³-hybridized carbons (Fsp3) is 0.462. The van der Waals surface area contributed by atoms with E-state index in [0.29, 0.717) is 13.0 Å². The van der Waals surface area contributed by atoms with Gasteiger partial charge in [-0.15, -0.1) is 0 Å². The molecule has 7 nitrogen and oxygen atoms in total. The molecular weight excluding hydrogens is 292 g/mol. The molecule has 2 atom stereocenters. The monoisotopic (exact) mass is 307 g/mol. The van der Waals surface area contributed by atoms with E-state index in [0.717, 1.165) is 6.07 Å². The van der Waals surface area contributed by atoms with Crippen LogP contribution in [-0.2, 0) is 0 Å². The second-order valence-corrected chi connectivity index (χ2v) is 5.14. The number of alkyl halides is 1. The lowest BCUT2D eigenvalue weighted by atomic mass is 9.82. The van der Waals surface area contributed by atoms with Gasteiger partial charge in [0.05, 0.1) is 16.6 Å². The largest absolute Gasteiger partial charge is 0.480 e. The first kappa shape index (κ1) is 16.2. The molecule has 1 N–H and O–H groups in total. The Morgan fingerprint density at radius 2 is 2.36 bits per heavy atom. The van der Waals surface area contributed by atoms with Gasteiger partial charge in [0.2, 0.25) is 0 Å². The van der Waals surface area contributed by atoms with Crippen LogP contribution in [0.25, 0.3) is 0 Å². The highest BCUT2D eigenvalue weighted by Gasteiger charge is 2.34. The molecule has 1 aliphatic rings. The van der Waals surface area contributed by atoms with E-state index < -0.39 is 24.2 Å². The van der Waals surface area contributed by atoms with Crippen molar-refractivity contribution in [2.24, 2.45) is 0 Å². The number of ether oxygens (including phenoxy) is 1. The van der Waals surface area contributed by atoms with Crippen LogP contribution >= 0.6 is 0 Å². The average Bonchev–Trinajstić information content (AvgIpc) is 2.49. The van der Waals surface area contributed by atoms with Crippen LogP contribution in [0, 0.1) is 21.4 Å². The number of nitriles is 1. The van der Waals surface area contributed by atoms with Gasteiger partial charge in [-0.3, -0.25) is 10.1 Å².